The predicted octanol–water partition coefficient (Wildman–Crippen LogP) is 3.83. The SMILES string of the molecule is CCOc1cc(/C=C(/NC(C)=O)C(=O)O)ccc1OCc1ccc(I)cc1. The number of carboxylic acid groups (broad SMARTS) is 1. The molecule has 0 bridgehead atoms. The van der Waals surface area contributed by atoms with Crippen LogP contribution in [0.1, 0.15) is 25.0 Å². The quantitative estimate of drug-likeness (QED) is 0.443. The maximum absolute atomic E-state index is 11.3. The summed E-state index contributed by atoms with van der Waals surface area (Å²) in [5.41, 5.74) is 1.39. The summed E-state index contributed by atoms with van der Waals surface area (Å²) in [5.74, 6) is -0.610. The Bertz CT molecular complexity index is 846. The summed E-state index contributed by atoms with van der Waals surface area (Å²) in [4.78, 5) is 22.4. The fourth-order valence-electron chi connectivity index (χ4n) is 2.25. The first kappa shape index (κ1) is 20.8. The lowest BCUT2D eigenvalue weighted by molar-refractivity contribution is -0.134. The third kappa shape index (κ3) is 6.59. The monoisotopic (exact) mass is 481 g/mol. The van der Waals surface area contributed by atoms with Crippen LogP contribution in [0.5, 0.6) is 11.5 Å². The zero-order valence-electron chi connectivity index (χ0n) is 15.0. The van der Waals surface area contributed by atoms with Crippen molar-refractivity contribution in [1.82, 2.24) is 5.32 Å². The lowest BCUT2D eigenvalue weighted by atomic mass is 10.1. The smallest absolute Gasteiger partial charge is 0.352 e. The van der Waals surface area contributed by atoms with Crippen LogP contribution in [0.4, 0.5) is 0 Å². The molecule has 0 aliphatic rings. The van der Waals surface area contributed by atoms with Gasteiger partial charge in [0, 0.05) is 10.5 Å². The topological polar surface area (TPSA) is 84.9 Å². The number of aliphatic carboxylic acids is 1. The Morgan fingerprint density at radius 3 is 2.41 bits per heavy atom. The maximum atomic E-state index is 11.3. The number of hydrogen-bond acceptors (Lipinski definition) is 4. The number of halogens is 1. The summed E-state index contributed by atoms with van der Waals surface area (Å²) in [6.07, 6.45) is 1.37. The normalized spacial score (nSPS) is 11.0. The van der Waals surface area contributed by atoms with Crippen LogP contribution in [0.2, 0.25) is 0 Å². The molecule has 0 aromatic heterocycles. The van der Waals surface area contributed by atoms with E-state index < -0.39 is 11.9 Å². The highest BCUT2D eigenvalue weighted by Crippen LogP contribution is 2.30. The molecule has 0 atom stereocenters. The minimum atomic E-state index is -1.22. The van der Waals surface area contributed by atoms with Crippen molar-refractivity contribution >= 4 is 40.5 Å². The summed E-state index contributed by atoms with van der Waals surface area (Å²) in [6, 6.07) is 13.1. The van der Waals surface area contributed by atoms with Crippen LogP contribution in [0.15, 0.2) is 48.2 Å². The zero-order valence-corrected chi connectivity index (χ0v) is 17.1. The van der Waals surface area contributed by atoms with Gasteiger partial charge in [-0.15, -0.1) is 0 Å². The fourth-order valence-corrected chi connectivity index (χ4v) is 2.61. The van der Waals surface area contributed by atoms with Crippen molar-refractivity contribution in [2.24, 2.45) is 0 Å². The first-order valence-electron chi connectivity index (χ1n) is 8.25. The van der Waals surface area contributed by atoms with E-state index in [-0.39, 0.29) is 5.70 Å². The molecule has 0 saturated carbocycles. The van der Waals surface area contributed by atoms with E-state index in [2.05, 4.69) is 27.9 Å². The minimum absolute atomic E-state index is 0.211. The van der Waals surface area contributed by atoms with Crippen LogP contribution < -0.4 is 14.8 Å². The van der Waals surface area contributed by atoms with Gasteiger partial charge in [-0.05, 0) is 71.0 Å². The Morgan fingerprint density at radius 1 is 1.11 bits per heavy atom. The second kappa shape index (κ2) is 9.96. The third-order valence-electron chi connectivity index (χ3n) is 3.43. The average Bonchev–Trinajstić information content (AvgIpc) is 2.61. The molecule has 0 aliphatic heterocycles. The summed E-state index contributed by atoms with van der Waals surface area (Å²) in [7, 11) is 0. The molecule has 0 fully saturated rings. The van der Waals surface area contributed by atoms with Crippen molar-refractivity contribution in [1.29, 1.82) is 0 Å². The number of ether oxygens (including phenoxy) is 2. The Kier molecular flexibility index (Phi) is 7.66. The Balaban J connectivity index is 2.23. The van der Waals surface area contributed by atoms with Crippen LogP contribution in [0.3, 0.4) is 0 Å². The molecule has 142 valence electrons. The Morgan fingerprint density at radius 2 is 1.81 bits per heavy atom. The van der Waals surface area contributed by atoms with E-state index in [0.29, 0.717) is 30.3 Å². The van der Waals surface area contributed by atoms with Gasteiger partial charge in [-0.2, -0.15) is 0 Å². The van der Waals surface area contributed by atoms with Crippen molar-refractivity contribution in [2.75, 3.05) is 6.61 Å². The molecule has 2 aromatic carbocycles. The number of carbonyl (C=O) groups excluding carboxylic acids is 1. The number of carbonyl (C=O) groups is 2. The highest BCUT2D eigenvalue weighted by molar-refractivity contribution is 14.1. The molecule has 27 heavy (non-hydrogen) atoms. The van der Waals surface area contributed by atoms with Crippen LogP contribution >= 0.6 is 22.6 Å². The number of hydrogen-bond donors (Lipinski definition) is 2. The van der Waals surface area contributed by atoms with Crippen LogP contribution in [-0.4, -0.2) is 23.6 Å². The number of benzene rings is 2. The molecule has 0 radical (unpaired) electrons. The molecule has 0 spiro atoms. The van der Waals surface area contributed by atoms with Crippen molar-refractivity contribution in [3.8, 4) is 11.5 Å². The third-order valence-corrected chi connectivity index (χ3v) is 4.15. The Hall–Kier alpha value is -2.55. The van der Waals surface area contributed by atoms with E-state index in [9.17, 15) is 14.7 Å². The number of carboxylic acids is 1. The van der Waals surface area contributed by atoms with Gasteiger partial charge < -0.3 is 19.9 Å². The van der Waals surface area contributed by atoms with Gasteiger partial charge in [-0.3, -0.25) is 4.79 Å². The van der Waals surface area contributed by atoms with E-state index in [1.165, 1.54) is 13.0 Å². The fraction of sp³-hybridized carbons (Fsp3) is 0.200. The molecule has 2 rings (SSSR count). The van der Waals surface area contributed by atoms with Gasteiger partial charge >= 0.3 is 5.97 Å². The van der Waals surface area contributed by atoms with Crippen molar-refractivity contribution in [3.05, 3.63) is 62.9 Å². The maximum Gasteiger partial charge on any atom is 0.352 e. The van der Waals surface area contributed by atoms with E-state index in [4.69, 9.17) is 9.47 Å². The van der Waals surface area contributed by atoms with Gasteiger partial charge in [-0.25, -0.2) is 4.79 Å². The molecule has 0 saturated heterocycles. The zero-order chi connectivity index (χ0) is 19.8. The largest absolute Gasteiger partial charge is 0.490 e. The lowest BCUT2D eigenvalue weighted by Crippen LogP contribution is -2.24. The van der Waals surface area contributed by atoms with E-state index in [0.717, 1.165) is 9.13 Å². The molecule has 0 heterocycles. The van der Waals surface area contributed by atoms with Crippen molar-refractivity contribution < 1.29 is 24.2 Å². The first-order chi connectivity index (χ1) is 12.9. The summed E-state index contributed by atoms with van der Waals surface area (Å²) >= 11 is 2.24. The minimum Gasteiger partial charge on any atom is -0.490 e. The number of nitrogens with one attached hydrogen (secondary N) is 1. The molecule has 2 aromatic rings. The van der Waals surface area contributed by atoms with Gasteiger partial charge in [0.1, 0.15) is 12.3 Å². The van der Waals surface area contributed by atoms with Crippen molar-refractivity contribution in [3.63, 3.8) is 0 Å². The molecule has 6 nitrogen and oxygen atoms in total. The molecular weight excluding hydrogens is 461 g/mol. The second-order valence-corrected chi connectivity index (χ2v) is 6.84. The van der Waals surface area contributed by atoms with E-state index in [1.54, 1.807) is 18.2 Å². The summed E-state index contributed by atoms with van der Waals surface area (Å²) in [6.45, 7) is 3.93. The van der Waals surface area contributed by atoms with Gasteiger partial charge in [-0.1, -0.05) is 18.2 Å². The van der Waals surface area contributed by atoms with Gasteiger partial charge in [0.2, 0.25) is 5.91 Å². The van der Waals surface area contributed by atoms with Gasteiger partial charge in [0.05, 0.1) is 6.61 Å². The van der Waals surface area contributed by atoms with Crippen LogP contribution in [0, 0.1) is 3.57 Å². The van der Waals surface area contributed by atoms with Gasteiger partial charge in [0.25, 0.3) is 0 Å². The Labute approximate surface area is 171 Å². The van der Waals surface area contributed by atoms with E-state index >= 15 is 0 Å². The standard InChI is InChI=1S/C20H20INO5/c1-3-26-19-11-15(10-17(20(24)25)22-13(2)23)6-9-18(19)27-12-14-4-7-16(21)8-5-14/h4-11H,3,12H2,1-2H3,(H,22,23)(H,24,25)/b17-10+. The molecule has 7 heteroatoms. The summed E-state index contributed by atoms with van der Waals surface area (Å²) < 4.78 is 12.6. The highest BCUT2D eigenvalue weighted by Gasteiger charge is 2.11. The van der Waals surface area contributed by atoms with Crippen LogP contribution in [0.25, 0.3) is 6.08 Å². The summed E-state index contributed by atoms with van der Waals surface area (Å²) in [5, 5.41) is 11.5. The van der Waals surface area contributed by atoms with E-state index in [1.807, 2.05) is 31.2 Å². The number of amides is 1. The lowest BCUT2D eigenvalue weighted by Gasteiger charge is -2.13. The number of rotatable bonds is 8. The predicted molar refractivity (Wildman–Crippen MR) is 111 cm³/mol. The van der Waals surface area contributed by atoms with Gasteiger partial charge in [0.15, 0.2) is 11.5 Å². The molecule has 0 aliphatic carbocycles. The first-order valence-corrected chi connectivity index (χ1v) is 9.33. The molecule has 2 N–H and O–H groups in total. The molecule has 1 amide bonds. The molecule has 0 unspecified atom stereocenters. The van der Waals surface area contributed by atoms with Crippen molar-refractivity contribution in [2.45, 2.75) is 20.5 Å². The van der Waals surface area contributed by atoms with Crippen LogP contribution in [-0.2, 0) is 16.2 Å². The average molecular weight is 481 g/mol. The second-order valence-electron chi connectivity index (χ2n) is 5.60. The molecular formula is C20H20INO5. The highest BCUT2D eigenvalue weighted by atomic mass is 127.